The molecule has 0 aliphatic heterocycles. The molecular weight excluding hydrogens is 268 g/mol. The Bertz CT molecular complexity index is 300. The largest absolute Gasteiger partial charge is 0.395 e. The van der Waals surface area contributed by atoms with E-state index in [1.165, 1.54) is 4.90 Å². The number of aliphatic hydroxyl groups is 1. The number of hydrogen-bond donors (Lipinski definition) is 2. The van der Waals surface area contributed by atoms with Gasteiger partial charge in [-0.15, -0.1) is 24.2 Å². The van der Waals surface area contributed by atoms with E-state index < -0.39 is 0 Å². The van der Waals surface area contributed by atoms with Crippen LogP contribution in [0.25, 0.3) is 0 Å². The first-order valence-electron chi connectivity index (χ1n) is 5.95. The molecule has 0 radical (unpaired) electrons. The van der Waals surface area contributed by atoms with Gasteiger partial charge in [-0.05, 0) is 32.1 Å². The highest BCUT2D eigenvalue weighted by Gasteiger charge is 2.05. The number of benzene rings is 1. The average Bonchev–Trinajstić information content (AvgIpc) is 2.35. The van der Waals surface area contributed by atoms with Crippen LogP contribution in [0, 0.1) is 0 Å². The second-order valence-corrected chi connectivity index (χ2v) is 5.29. The molecule has 0 aromatic heterocycles. The van der Waals surface area contributed by atoms with E-state index in [-0.39, 0.29) is 25.1 Å². The van der Waals surface area contributed by atoms with Crippen molar-refractivity contribution in [3.8, 4) is 0 Å². The predicted octanol–water partition coefficient (Wildman–Crippen LogP) is 1.84. The maximum atomic E-state index is 8.78. The number of thioether (sulfide) groups is 1. The molecule has 0 heterocycles. The number of likely N-dealkylation sites (N-methyl/N-ethyl adjacent to an activating group) is 1. The van der Waals surface area contributed by atoms with Crippen LogP contribution in [-0.4, -0.2) is 48.5 Å². The van der Waals surface area contributed by atoms with Crippen LogP contribution in [-0.2, 0) is 0 Å². The van der Waals surface area contributed by atoms with Gasteiger partial charge in [-0.3, -0.25) is 0 Å². The van der Waals surface area contributed by atoms with E-state index in [1.807, 2.05) is 25.2 Å². The number of hydrogen-bond acceptors (Lipinski definition) is 4. The third kappa shape index (κ3) is 7.95. The fraction of sp³-hybridized carbons (Fsp3) is 0.538. The highest BCUT2D eigenvalue weighted by atomic mass is 35.5. The van der Waals surface area contributed by atoms with Gasteiger partial charge in [-0.25, -0.2) is 0 Å². The molecule has 0 aliphatic rings. The van der Waals surface area contributed by atoms with Crippen LogP contribution in [0.1, 0.15) is 6.42 Å². The van der Waals surface area contributed by atoms with E-state index in [4.69, 9.17) is 10.8 Å². The Kier molecular flexibility index (Phi) is 10.5. The summed E-state index contributed by atoms with van der Waals surface area (Å²) in [6.45, 7) is 1.88. The van der Waals surface area contributed by atoms with Gasteiger partial charge in [-0.1, -0.05) is 18.2 Å². The van der Waals surface area contributed by atoms with Crippen LogP contribution in [0.5, 0.6) is 0 Å². The third-order valence-corrected chi connectivity index (χ3v) is 3.77. The van der Waals surface area contributed by atoms with Crippen molar-refractivity contribution in [1.29, 1.82) is 0 Å². The van der Waals surface area contributed by atoms with E-state index in [1.54, 1.807) is 11.8 Å². The zero-order valence-corrected chi connectivity index (χ0v) is 12.4. The predicted molar refractivity (Wildman–Crippen MR) is 81.6 cm³/mol. The standard InChI is InChI=1S/C13H22N2OS.ClH/c1-15(9-10-16)8-7-12(14)11-17-13-5-3-2-4-6-13;/h2-6,12,16H,7-11,14H2,1H3;1H/t12-;/m1./s1. The number of aliphatic hydroxyl groups excluding tert-OH is 1. The summed E-state index contributed by atoms with van der Waals surface area (Å²) in [7, 11) is 2.01. The van der Waals surface area contributed by atoms with Crippen LogP contribution < -0.4 is 5.73 Å². The van der Waals surface area contributed by atoms with E-state index in [0.29, 0.717) is 0 Å². The van der Waals surface area contributed by atoms with Crippen molar-refractivity contribution < 1.29 is 5.11 Å². The maximum absolute atomic E-state index is 8.78. The SMILES string of the molecule is CN(CCO)CC[C@@H](N)CSc1ccccc1.Cl. The number of halogens is 1. The first-order valence-corrected chi connectivity index (χ1v) is 6.93. The lowest BCUT2D eigenvalue weighted by molar-refractivity contribution is 0.218. The average molecular weight is 291 g/mol. The van der Waals surface area contributed by atoms with E-state index in [2.05, 4.69) is 17.0 Å². The first kappa shape index (κ1) is 17.7. The lowest BCUT2D eigenvalue weighted by atomic mass is 10.2. The molecule has 3 N–H and O–H groups in total. The van der Waals surface area contributed by atoms with Crippen LogP contribution >= 0.6 is 24.2 Å². The zero-order chi connectivity index (χ0) is 12.5. The molecule has 0 bridgehead atoms. The fourth-order valence-electron chi connectivity index (χ4n) is 1.47. The molecule has 5 heteroatoms. The topological polar surface area (TPSA) is 49.5 Å². The smallest absolute Gasteiger partial charge is 0.0558 e. The molecular formula is C13H23ClN2OS. The lowest BCUT2D eigenvalue weighted by Crippen LogP contribution is -2.31. The van der Waals surface area contributed by atoms with Gasteiger partial charge in [0.1, 0.15) is 0 Å². The van der Waals surface area contributed by atoms with Crippen LogP contribution in [0.4, 0.5) is 0 Å². The van der Waals surface area contributed by atoms with Gasteiger partial charge in [0.25, 0.3) is 0 Å². The van der Waals surface area contributed by atoms with E-state index in [9.17, 15) is 0 Å². The summed E-state index contributed by atoms with van der Waals surface area (Å²) in [6, 6.07) is 10.5. The van der Waals surface area contributed by atoms with Gasteiger partial charge in [0.15, 0.2) is 0 Å². The normalized spacial score (nSPS) is 12.2. The quantitative estimate of drug-likeness (QED) is 0.718. The Balaban J connectivity index is 0.00000289. The van der Waals surface area contributed by atoms with Crippen molar-refractivity contribution in [2.45, 2.75) is 17.4 Å². The molecule has 0 amide bonds. The molecule has 104 valence electrons. The van der Waals surface area contributed by atoms with Gasteiger partial charge >= 0.3 is 0 Å². The van der Waals surface area contributed by atoms with Gasteiger partial charge < -0.3 is 15.7 Å². The molecule has 1 aromatic carbocycles. The van der Waals surface area contributed by atoms with Crippen molar-refractivity contribution in [2.24, 2.45) is 5.73 Å². The molecule has 0 unspecified atom stereocenters. The minimum atomic E-state index is 0. The van der Waals surface area contributed by atoms with Gasteiger partial charge in [0.05, 0.1) is 6.61 Å². The zero-order valence-electron chi connectivity index (χ0n) is 10.8. The van der Waals surface area contributed by atoms with Crippen LogP contribution in [0.3, 0.4) is 0 Å². The number of nitrogens with zero attached hydrogens (tertiary/aromatic N) is 1. The van der Waals surface area contributed by atoms with Crippen molar-refractivity contribution in [2.75, 3.05) is 32.5 Å². The molecule has 3 nitrogen and oxygen atoms in total. The molecule has 0 saturated heterocycles. The number of rotatable bonds is 8. The minimum absolute atomic E-state index is 0. The number of nitrogens with two attached hydrogens (primary N) is 1. The molecule has 0 spiro atoms. The summed E-state index contributed by atoms with van der Waals surface area (Å²) in [6.07, 6.45) is 0.969. The monoisotopic (exact) mass is 290 g/mol. The van der Waals surface area contributed by atoms with Gasteiger partial charge in [0.2, 0.25) is 0 Å². The second-order valence-electron chi connectivity index (χ2n) is 4.20. The molecule has 1 rings (SSSR count). The van der Waals surface area contributed by atoms with Crippen molar-refractivity contribution in [3.63, 3.8) is 0 Å². The molecule has 0 aliphatic carbocycles. The molecule has 0 saturated carbocycles. The van der Waals surface area contributed by atoms with E-state index >= 15 is 0 Å². The molecule has 1 aromatic rings. The van der Waals surface area contributed by atoms with Crippen molar-refractivity contribution >= 4 is 24.2 Å². The summed E-state index contributed by atoms with van der Waals surface area (Å²) in [4.78, 5) is 3.37. The molecule has 1 atom stereocenters. The summed E-state index contributed by atoms with van der Waals surface area (Å²) in [5.74, 6) is 0.941. The Morgan fingerprint density at radius 3 is 2.56 bits per heavy atom. The fourth-order valence-corrected chi connectivity index (χ4v) is 2.39. The Labute approximate surface area is 120 Å². The Hall–Kier alpha value is -0.260. The van der Waals surface area contributed by atoms with Crippen LogP contribution in [0.15, 0.2) is 35.2 Å². The maximum Gasteiger partial charge on any atom is 0.0558 e. The minimum Gasteiger partial charge on any atom is -0.395 e. The Morgan fingerprint density at radius 1 is 1.28 bits per heavy atom. The summed E-state index contributed by atoms with van der Waals surface area (Å²) in [5, 5.41) is 8.78. The lowest BCUT2D eigenvalue weighted by Gasteiger charge is -2.18. The molecule has 0 fully saturated rings. The molecule has 18 heavy (non-hydrogen) atoms. The van der Waals surface area contributed by atoms with E-state index in [0.717, 1.165) is 25.3 Å². The first-order chi connectivity index (χ1) is 8.22. The second kappa shape index (κ2) is 10.6. The highest BCUT2D eigenvalue weighted by Crippen LogP contribution is 2.18. The van der Waals surface area contributed by atoms with Gasteiger partial charge in [0, 0.05) is 23.2 Å². The van der Waals surface area contributed by atoms with Gasteiger partial charge in [-0.2, -0.15) is 0 Å². The summed E-state index contributed by atoms with van der Waals surface area (Å²) >= 11 is 1.80. The van der Waals surface area contributed by atoms with Crippen molar-refractivity contribution in [3.05, 3.63) is 30.3 Å². The van der Waals surface area contributed by atoms with Crippen LogP contribution in [0.2, 0.25) is 0 Å². The third-order valence-electron chi connectivity index (χ3n) is 2.57. The highest BCUT2D eigenvalue weighted by molar-refractivity contribution is 7.99. The van der Waals surface area contributed by atoms with Crippen molar-refractivity contribution in [1.82, 2.24) is 4.90 Å². The summed E-state index contributed by atoms with van der Waals surface area (Å²) in [5.41, 5.74) is 6.06. The summed E-state index contributed by atoms with van der Waals surface area (Å²) < 4.78 is 0. The Morgan fingerprint density at radius 2 is 1.94 bits per heavy atom.